The van der Waals surface area contributed by atoms with Gasteiger partial charge in [-0.2, -0.15) is 0 Å². The molecule has 0 fully saturated rings. The Balaban J connectivity index is 1.89. The van der Waals surface area contributed by atoms with Gasteiger partial charge >= 0.3 is 0 Å². The van der Waals surface area contributed by atoms with Crippen LogP contribution in [-0.4, -0.2) is 15.5 Å². The fraction of sp³-hybridized carbons (Fsp3) is 0.222. The lowest BCUT2D eigenvalue weighted by Gasteiger charge is -2.26. The Morgan fingerprint density at radius 2 is 2.18 bits per heavy atom. The van der Waals surface area contributed by atoms with Gasteiger partial charge in [-0.1, -0.05) is 37.3 Å². The van der Waals surface area contributed by atoms with E-state index in [1.165, 1.54) is 16.7 Å². The van der Waals surface area contributed by atoms with Crippen LogP contribution in [0.4, 0.5) is 0 Å². The van der Waals surface area contributed by atoms with Crippen molar-refractivity contribution < 1.29 is 4.79 Å². The number of benzene rings is 1. The Kier molecular flexibility index (Phi) is 2.79. The highest BCUT2D eigenvalue weighted by molar-refractivity contribution is 5.95. The zero-order valence-corrected chi connectivity index (χ0v) is 12.4. The van der Waals surface area contributed by atoms with Crippen molar-refractivity contribution in [3.63, 3.8) is 0 Å². The number of carbonyl (C=O) groups excluding carboxylic acids is 1. The van der Waals surface area contributed by atoms with Gasteiger partial charge in [0.25, 0.3) is 0 Å². The van der Waals surface area contributed by atoms with E-state index in [0.717, 1.165) is 12.1 Å². The summed E-state index contributed by atoms with van der Waals surface area (Å²) in [4.78, 5) is 15.8. The first-order chi connectivity index (χ1) is 10.7. The minimum Gasteiger partial charge on any atom is -0.366 e. The standard InChI is InChI=1S/C18H17N3O/c1-11-6-7-12(18(19)22)8-15(11)17-14-5-3-2-4-13(14)16-9-20-10-21(16)17/h2-5,7-11,17H,6H2,1H3,(H2,19,22). The van der Waals surface area contributed by atoms with Crippen molar-refractivity contribution in [1.82, 2.24) is 9.55 Å². The highest BCUT2D eigenvalue weighted by Crippen LogP contribution is 2.46. The molecule has 2 unspecified atom stereocenters. The van der Waals surface area contributed by atoms with Crippen LogP contribution in [0.2, 0.25) is 0 Å². The zero-order valence-electron chi connectivity index (χ0n) is 12.4. The third-order valence-electron chi connectivity index (χ3n) is 4.66. The minimum absolute atomic E-state index is 0.103. The number of nitrogens with two attached hydrogens (primary N) is 1. The number of imidazole rings is 1. The number of carbonyl (C=O) groups is 1. The average molecular weight is 291 g/mol. The second kappa shape index (κ2) is 4.70. The van der Waals surface area contributed by atoms with E-state index in [0.29, 0.717) is 11.5 Å². The summed E-state index contributed by atoms with van der Waals surface area (Å²) in [7, 11) is 0. The minimum atomic E-state index is -0.360. The number of primary amides is 1. The number of aromatic nitrogens is 2. The molecule has 0 saturated carbocycles. The molecule has 2 atom stereocenters. The van der Waals surface area contributed by atoms with E-state index in [-0.39, 0.29) is 11.9 Å². The van der Waals surface area contributed by atoms with Crippen molar-refractivity contribution in [1.29, 1.82) is 0 Å². The first-order valence-electron chi connectivity index (χ1n) is 7.49. The zero-order chi connectivity index (χ0) is 15.3. The summed E-state index contributed by atoms with van der Waals surface area (Å²) in [6, 6.07) is 8.49. The molecule has 110 valence electrons. The summed E-state index contributed by atoms with van der Waals surface area (Å²) in [6.07, 6.45) is 8.51. The highest BCUT2D eigenvalue weighted by atomic mass is 16.1. The second-order valence-electron chi connectivity index (χ2n) is 5.98. The van der Waals surface area contributed by atoms with Crippen LogP contribution in [0.5, 0.6) is 0 Å². The average Bonchev–Trinajstić information content (AvgIpc) is 3.08. The van der Waals surface area contributed by atoms with E-state index in [1.54, 1.807) is 0 Å². The first kappa shape index (κ1) is 13.1. The lowest BCUT2D eigenvalue weighted by molar-refractivity contribution is -0.114. The molecule has 2 aromatic rings. The van der Waals surface area contributed by atoms with Crippen LogP contribution in [0.3, 0.4) is 0 Å². The number of allylic oxidation sites excluding steroid dienone is 2. The Morgan fingerprint density at radius 3 is 3.00 bits per heavy atom. The normalized spacial score (nSPS) is 22.6. The number of nitrogens with zero attached hydrogens (tertiary/aromatic N) is 2. The van der Waals surface area contributed by atoms with Gasteiger partial charge in [-0.05, 0) is 29.6 Å². The predicted molar refractivity (Wildman–Crippen MR) is 84.9 cm³/mol. The summed E-state index contributed by atoms with van der Waals surface area (Å²) in [5.41, 5.74) is 10.9. The molecule has 4 nitrogen and oxygen atoms in total. The Labute approximate surface area is 129 Å². The molecular formula is C18H17N3O. The lowest BCUT2D eigenvalue weighted by Crippen LogP contribution is -2.20. The fourth-order valence-corrected chi connectivity index (χ4v) is 3.52. The molecule has 1 aliphatic heterocycles. The third-order valence-corrected chi connectivity index (χ3v) is 4.66. The molecule has 4 heteroatoms. The molecule has 0 radical (unpaired) electrons. The second-order valence-corrected chi connectivity index (χ2v) is 5.98. The monoisotopic (exact) mass is 291 g/mol. The number of rotatable bonds is 2. The molecule has 0 spiro atoms. The van der Waals surface area contributed by atoms with Crippen LogP contribution in [-0.2, 0) is 4.79 Å². The van der Waals surface area contributed by atoms with Crippen molar-refractivity contribution in [3.8, 4) is 11.3 Å². The van der Waals surface area contributed by atoms with Crippen LogP contribution in [0.1, 0.15) is 24.9 Å². The van der Waals surface area contributed by atoms with E-state index in [2.05, 4.69) is 34.7 Å². The van der Waals surface area contributed by atoms with Crippen molar-refractivity contribution in [2.45, 2.75) is 19.4 Å². The third kappa shape index (κ3) is 1.77. The van der Waals surface area contributed by atoms with E-state index < -0.39 is 0 Å². The van der Waals surface area contributed by atoms with Crippen LogP contribution in [0.15, 0.2) is 60.1 Å². The summed E-state index contributed by atoms with van der Waals surface area (Å²) in [6.45, 7) is 2.19. The molecule has 22 heavy (non-hydrogen) atoms. The topological polar surface area (TPSA) is 60.9 Å². The maximum absolute atomic E-state index is 11.6. The van der Waals surface area contributed by atoms with Gasteiger partial charge in [0, 0.05) is 11.1 Å². The number of hydrogen-bond donors (Lipinski definition) is 1. The van der Waals surface area contributed by atoms with E-state index in [9.17, 15) is 4.79 Å². The predicted octanol–water partition coefficient (Wildman–Crippen LogP) is 2.83. The number of hydrogen-bond acceptors (Lipinski definition) is 2. The molecule has 0 saturated heterocycles. The first-order valence-corrected chi connectivity index (χ1v) is 7.49. The Morgan fingerprint density at radius 1 is 1.36 bits per heavy atom. The molecular weight excluding hydrogens is 274 g/mol. The van der Waals surface area contributed by atoms with Crippen molar-refractivity contribution in [2.75, 3.05) is 0 Å². The SMILES string of the molecule is CC1CC=C(C(N)=O)C=C1C1c2ccccc2-c2cncn21. The van der Waals surface area contributed by atoms with E-state index in [4.69, 9.17) is 5.73 Å². The molecule has 0 bridgehead atoms. The summed E-state index contributed by atoms with van der Waals surface area (Å²) >= 11 is 0. The van der Waals surface area contributed by atoms with Gasteiger partial charge in [0.05, 0.1) is 24.3 Å². The van der Waals surface area contributed by atoms with Gasteiger partial charge in [-0.15, -0.1) is 0 Å². The summed E-state index contributed by atoms with van der Waals surface area (Å²) in [5.74, 6) is 0.0102. The lowest BCUT2D eigenvalue weighted by atomic mass is 9.82. The van der Waals surface area contributed by atoms with Crippen LogP contribution in [0, 0.1) is 5.92 Å². The van der Waals surface area contributed by atoms with Crippen LogP contribution >= 0.6 is 0 Å². The van der Waals surface area contributed by atoms with Gasteiger partial charge in [0.15, 0.2) is 0 Å². The van der Waals surface area contributed by atoms with Gasteiger partial charge < -0.3 is 10.3 Å². The Bertz CT molecular complexity index is 828. The molecule has 4 rings (SSSR count). The quantitative estimate of drug-likeness (QED) is 0.925. The van der Waals surface area contributed by atoms with Gasteiger partial charge in [0.1, 0.15) is 0 Å². The molecule has 1 aromatic carbocycles. The van der Waals surface area contributed by atoms with Gasteiger partial charge in [-0.25, -0.2) is 4.98 Å². The summed E-state index contributed by atoms with van der Waals surface area (Å²) in [5, 5.41) is 0. The van der Waals surface area contributed by atoms with Gasteiger partial charge in [0.2, 0.25) is 5.91 Å². The molecule has 1 aliphatic carbocycles. The number of amides is 1. The Hall–Kier alpha value is -2.62. The van der Waals surface area contributed by atoms with E-state index >= 15 is 0 Å². The molecule has 2 heterocycles. The number of fused-ring (bicyclic) bond motifs is 3. The largest absolute Gasteiger partial charge is 0.366 e. The smallest absolute Gasteiger partial charge is 0.248 e. The summed E-state index contributed by atoms with van der Waals surface area (Å²) < 4.78 is 2.19. The van der Waals surface area contributed by atoms with E-state index in [1.807, 2.05) is 30.7 Å². The molecule has 1 aromatic heterocycles. The molecule has 1 amide bonds. The molecule has 2 aliphatic rings. The van der Waals surface area contributed by atoms with Crippen LogP contribution in [0.25, 0.3) is 11.3 Å². The van der Waals surface area contributed by atoms with Crippen molar-refractivity contribution >= 4 is 5.91 Å². The fourth-order valence-electron chi connectivity index (χ4n) is 3.52. The van der Waals surface area contributed by atoms with Crippen LogP contribution < -0.4 is 5.73 Å². The maximum Gasteiger partial charge on any atom is 0.248 e. The highest BCUT2D eigenvalue weighted by Gasteiger charge is 2.33. The van der Waals surface area contributed by atoms with Gasteiger partial charge in [-0.3, -0.25) is 4.79 Å². The van der Waals surface area contributed by atoms with Crippen molar-refractivity contribution in [3.05, 3.63) is 65.7 Å². The molecule has 2 N–H and O–H groups in total. The maximum atomic E-state index is 11.6. The van der Waals surface area contributed by atoms with Crippen molar-refractivity contribution in [2.24, 2.45) is 11.7 Å².